The SMILES string of the molecule is O=C(COC(=O)CNS(=O)(=O)c1ccc2c(c1)OCCCO2)Nc1ccccc1Br. The zero-order valence-electron chi connectivity index (χ0n) is 15.7. The Labute approximate surface area is 181 Å². The molecule has 2 N–H and O–H groups in total. The number of hydrogen-bond acceptors (Lipinski definition) is 7. The molecule has 160 valence electrons. The predicted molar refractivity (Wildman–Crippen MR) is 111 cm³/mol. The van der Waals surface area contributed by atoms with E-state index in [9.17, 15) is 18.0 Å². The highest BCUT2D eigenvalue weighted by molar-refractivity contribution is 9.10. The highest BCUT2D eigenvalue weighted by Crippen LogP contribution is 2.31. The van der Waals surface area contributed by atoms with Gasteiger partial charge in [0.05, 0.1) is 23.8 Å². The lowest BCUT2D eigenvalue weighted by molar-refractivity contribution is -0.146. The molecule has 2 aromatic rings. The molecule has 9 nitrogen and oxygen atoms in total. The third-order valence-corrected chi connectivity index (χ3v) is 6.04. The topological polar surface area (TPSA) is 120 Å². The number of nitrogens with one attached hydrogen (secondary N) is 2. The van der Waals surface area contributed by atoms with Crippen molar-refractivity contribution in [1.29, 1.82) is 0 Å². The van der Waals surface area contributed by atoms with Crippen molar-refractivity contribution >= 4 is 43.5 Å². The molecule has 2 aromatic carbocycles. The standard InChI is InChI=1S/C19H19BrN2O7S/c20-14-4-1-2-5-15(14)22-18(23)12-29-19(24)11-21-30(25,26)13-6-7-16-17(10-13)28-9-3-8-27-16/h1-2,4-7,10,21H,3,8-9,11-12H2,(H,22,23). The number of anilines is 1. The van der Waals surface area contributed by atoms with Crippen molar-refractivity contribution in [3.8, 4) is 11.5 Å². The van der Waals surface area contributed by atoms with Crippen LogP contribution in [0.1, 0.15) is 6.42 Å². The van der Waals surface area contributed by atoms with E-state index in [0.29, 0.717) is 41.3 Å². The summed E-state index contributed by atoms with van der Waals surface area (Å²) in [5, 5.41) is 2.57. The number of hydrogen-bond donors (Lipinski definition) is 2. The number of ether oxygens (including phenoxy) is 3. The quantitative estimate of drug-likeness (QED) is 0.560. The van der Waals surface area contributed by atoms with E-state index in [0.717, 1.165) is 0 Å². The van der Waals surface area contributed by atoms with Crippen molar-refractivity contribution in [2.24, 2.45) is 0 Å². The molecule has 1 amide bonds. The van der Waals surface area contributed by atoms with Crippen LogP contribution in [0.5, 0.6) is 11.5 Å². The summed E-state index contributed by atoms with van der Waals surface area (Å²) in [5.74, 6) is -0.667. The van der Waals surface area contributed by atoms with Crippen molar-refractivity contribution < 1.29 is 32.2 Å². The lowest BCUT2D eigenvalue weighted by Crippen LogP contribution is -2.32. The molecule has 0 atom stereocenters. The van der Waals surface area contributed by atoms with Crippen LogP contribution >= 0.6 is 15.9 Å². The summed E-state index contributed by atoms with van der Waals surface area (Å²) < 4.78 is 43.4. The molecule has 0 bridgehead atoms. The van der Waals surface area contributed by atoms with Crippen LogP contribution in [0, 0.1) is 0 Å². The molecule has 0 aliphatic carbocycles. The van der Waals surface area contributed by atoms with Crippen LogP contribution in [0.15, 0.2) is 51.8 Å². The van der Waals surface area contributed by atoms with Gasteiger partial charge in [-0.15, -0.1) is 0 Å². The number of carbonyl (C=O) groups excluding carboxylic acids is 2. The second-order valence-electron chi connectivity index (χ2n) is 6.17. The molecule has 1 heterocycles. The first-order valence-electron chi connectivity index (χ1n) is 8.94. The van der Waals surface area contributed by atoms with E-state index in [1.165, 1.54) is 18.2 Å². The highest BCUT2D eigenvalue weighted by atomic mass is 79.9. The Morgan fingerprint density at radius 3 is 2.57 bits per heavy atom. The second kappa shape index (κ2) is 9.92. The molecule has 0 saturated heterocycles. The average Bonchev–Trinajstić information content (AvgIpc) is 2.97. The monoisotopic (exact) mass is 498 g/mol. The van der Waals surface area contributed by atoms with Gasteiger partial charge in [-0.2, -0.15) is 4.72 Å². The van der Waals surface area contributed by atoms with Gasteiger partial charge in [0.25, 0.3) is 5.91 Å². The fraction of sp³-hybridized carbons (Fsp3) is 0.263. The molecule has 3 rings (SSSR count). The Bertz CT molecular complexity index is 1040. The van der Waals surface area contributed by atoms with E-state index in [-0.39, 0.29) is 4.90 Å². The number of fused-ring (bicyclic) bond motifs is 1. The summed E-state index contributed by atoms with van der Waals surface area (Å²) in [5.41, 5.74) is 0.522. The molecule has 1 aliphatic heterocycles. The summed E-state index contributed by atoms with van der Waals surface area (Å²) in [6.07, 6.45) is 0.690. The number of amides is 1. The van der Waals surface area contributed by atoms with Gasteiger partial charge in [0, 0.05) is 17.0 Å². The Balaban J connectivity index is 1.50. The molecule has 11 heteroatoms. The number of rotatable bonds is 7. The van der Waals surface area contributed by atoms with Gasteiger partial charge < -0.3 is 19.5 Å². The Morgan fingerprint density at radius 2 is 1.80 bits per heavy atom. The maximum atomic E-state index is 12.4. The van der Waals surface area contributed by atoms with Crippen molar-refractivity contribution in [2.45, 2.75) is 11.3 Å². The number of esters is 1. The fourth-order valence-electron chi connectivity index (χ4n) is 2.49. The summed E-state index contributed by atoms with van der Waals surface area (Å²) in [4.78, 5) is 23.6. The number of para-hydroxylation sites is 1. The predicted octanol–water partition coefficient (Wildman–Crippen LogP) is 2.07. The van der Waals surface area contributed by atoms with Gasteiger partial charge in [0.1, 0.15) is 6.54 Å². The van der Waals surface area contributed by atoms with Gasteiger partial charge in [0.2, 0.25) is 10.0 Å². The maximum absolute atomic E-state index is 12.4. The van der Waals surface area contributed by atoms with E-state index in [1.54, 1.807) is 24.3 Å². The average molecular weight is 499 g/mol. The maximum Gasteiger partial charge on any atom is 0.321 e. The summed E-state index contributed by atoms with van der Waals surface area (Å²) in [6.45, 7) is -0.277. The Morgan fingerprint density at radius 1 is 1.07 bits per heavy atom. The van der Waals surface area contributed by atoms with Gasteiger partial charge in [-0.05, 0) is 40.2 Å². The van der Waals surface area contributed by atoms with Gasteiger partial charge >= 0.3 is 5.97 Å². The Kier molecular flexibility index (Phi) is 7.29. The van der Waals surface area contributed by atoms with Gasteiger partial charge in [0.15, 0.2) is 18.1 Å². The Hall–Kier alpha value is -2.63. The lowest BCUT2D eigenvalue weighted by Gasteiger charge is -2.11. The molecule has 30 heavy (non-hydrogen) atoms. The van der Waals surface area contributed by atoms with Crippen molar-refractivity contribution in [3.05, 3.63) is 46.9 Å². The van der Waals surface area contributed by atoms with E-state index in [2.05, 4.69) is 26.0 Å². The van der Waals surface area contributed by atoms with Crippen LogP contribution < -0.4 is 19.5 Å². The molecular weight excluding hydrogens is 480 g/mol. The summed E-state index contributed by atoms with van der Waals surface area (Å²) in [6, 6.07) is 11.1. The van der Waals surface area contributed by atoms with Crippen molar-refractivity contribution in [3.63, 3.8) is 0 Å². The molecule has 0 saturated carbocycles. The smallest absolute Gasteiger partial charge is 0.321 e. The number of carbonyl (C=O) groups is 2. The van der Waals surface area contributed by atoms with Gasteiger partial charge in [-0.1, -0.05) is 12.1 Å². The first kappa shape index (κ1) is 22.1. The lowest BCUT2D eigenvalue weighted by atomic mass is 10.3. The molecule has 1 aliphatic rings. The second-order valence-corrected chi connectivity index (χ2v) is 8.79. The first-order valence-corrected chi connectivity index (χ1v) is 11.2. The van der Waals surface area contributed by atoms with E-state index < -0.39 is 35.1 Å². The minimum absolute atomic E-state index is 0.0776. The minimum atomic E-state index is -3.99. The highest BCUT2D eigenvalue weighted by Gasteiger charge is 2.20. The van der Waals surface area contributed by atoms with Gasteiger partial charge in [-0.3, -0.25) is 9.59 Å². The third-order valence-electron chi connectivity index (χ3n) is 3.95. The van der Waals surface area contributed by atoms with Crippen molar-refractivity contribution in [1.82, 2.24) is 4.72 Å². The fourth-order valence-corrected chi connectivity index (χ4v) is 3.86. The van der Waals surface area contributed by atoms with E-state index in [4.69, 9.17) is 14.2 Å². The number of benzene rings is 2. The van der Waals surface area contributed by atoms with Crippen LogP contribution in [0.25, 0.3) is 0 Å². The normalized spacial score (nSPS) is 13.2. The first-order chi connectivity index (χ1) is 14.3. The largest absolute Gasteiger partial charge is 0.490 e. The summed E-state index contributed by atoms with van der Waals surface area (Å²) >= 11 is 3.28. The zero-order chi connectivity index (χ0) is 21.6. The van der Waals surface area contributed by atoms with Crippen LogP contribution in [-0.2, 0) is 24.3 Å². The molecule has 0 radical (unpaired) electrons. The zero-order valence-corrected chi connectivity index (χ0v) is 18.1. The number of sulfonamides is 1. The molecular formula is C19H19BrN2O7S. The van der Waals surface area contributed by atoms with Crippen LogP contribution in [0.4, 0.5) is 5.69 Å². The van der Waals surface area contributed by atoms with E-state index >= 15 is 0 Å². The van der Waals surface area contributed by atoms with Gasteiger partial charge in [-0.25, -0.2) is 8.42 Å². The molecule has 0 fully saturated rings. The molecule has 0 unspecified atom stereocenters. The van der Waals surface area contributed by atoms with Crippen LogP contribution in [0.3, 0.4) is 0 Å². The number of halogens is 1. The molecule has 0 aromatic heterocycles. The van der Waals surface area contributed by atoms with Crippen LogP contribution in [0.2, 0.25) is 0 Å². The van der Waals surface area contributed by atoms with Crippen molar-refractivity contribution in [2.75, 3.05) is 31.7 Å². The third kappa shape index (κ3) is 5.94. The minimum Gasteiger partial charge on any atom is -0.490 e. The summed E-state index contributed by atoms with van der Waals surface area (Å²) in [7, 11) is -3.99. The molecule has 0 spiro atoms. The van der Waals surface area contributed by atoms with E-state index in [1.807, 2.05) is 0 Å². The van der Waals surface area contributed by atoms with Crippen LogP contribution in [-0.4, -0.2) is 46.7 Å².